The molecule has 13 heteroatoms. The summed E-state index contributed by atoms with van der Waals surface area (Å²) in [6, 6.07) is 10.9. The molecular weight excluding hydrogens is 569 g/mol. The zero-order chi connectivity index (χ0) is 27.0. The molecule has 0 radical (unpaired) electrons. The van der Waals surface area contributed by atoms with Crippen molar-refractivity contribution in [2.24, 2.45) is 7.05 Å². The molecule has 194 valence electrons. The molecule has 1 N–H and O–H groups in total. The second-order valence-corrected chi connectivity index (χ2v) is 10.7. The molecule has 0 bridgehead atoms. The summed E-state index contributed by atoms with van der Waals surface area (Å²) < 4.78 is 66.6. The van der Waals surface area contributed by atoms with Gasteiger partial charge in [-0.25, -0.2) is 4.79 Å². The van der Waals surface area contributed by atoms with Gasteiger partial charge in [0.05, 0.1) is 7.11 Å². The first-order chi connectivity index (χ1) is 18.1. The van der Waals surface area contributed by atoms with Crippen LogP contribution in [-0.4, -0.2) is 53.3 Å². The van der Waals surface area contributed by atoms with Gasteiger partial charge in [-0.15, -0.1) is 0 Å². The fourth-order valence-electron chi connectivity index (χ4n) is 3.68. The van der Waals surface area contributed by atoms with Crippen LogP contribution in [0.3, 0.4) is 0 Å². The van der Waals surface area contributed by atoms with E-state index in [-0.39, 0.29) is 10.0 Å². The van der Waals surface area contributed by atoms with Crippen molar-refractivity contribution in [3.8, 4) is 23.0 Å². The normalized spacial score (nSPS) is 11.9. The average molecular weight is 587 g/mol. The Kier molecular flexibility index (Phi) is 6.66. The van der Waals surface area contributed by atoms with Crippen molar-refractivity contribution in [1.82, 2.24) is 24.5 Å². The van der Waals surface area contributed by atoms with E-state index in [2.05, 4.69) is 24.7 Å². The van der Waals surface area contributed by atoms with Crippen molar-refractivity contribution in [2.45, 2.75) is 6.18 Å². The van der Waals surface area contributed by atoms with Crippen LogP contribution >= 0.6 is 0 Å². The van der Waals surface area contributed by atoms with E-state index in [1.807, 2.05) is 0 Å². The van der Waals surface area contributed by atoms with Gasteiger partial charge in [-0.1, -0.05) is 0 Å². The van der Waals surface area contributed by atoms with Gasteiger partial charge in [0.1, 0.15) is 0 Å². The molecule has 5 rings (SSSR count). The van der Waals surface area contributed by atoms with E-state index in [1.165, 1.54) is 19.5 Å². The van der Waals surface area contributed by atoms with Gasteiger partial charge >= 0.3 is 203 Å². The summed E-state index contributed by atoms with van der Waals surface area (Å²) in [7, 11) is 3.00. The molecule has 3 aromatic heterocycles. The van der Waals surface area contributed by atoms with Crippen molar-refractivity contribution >= 4 is 41.7 Å². The van der Waals surface area contributed by atoms with Crippen LogP contribution in [0.1, 0.15) is 16.1 Å². The molecule has 0 saturated carbocycles. The Bertz CT molecular complexity index is 1660. The third kappa shape index (κ3) is 5.12. The number of nitrogens with one attached hydrogen (secondary N) is 1. The Morgan fingerprint density at radius 2 is 1.84 bits per heavy atom. The summed E-state index contributed by atoms with van der Waals surface area (Å²) >= 11 is -1.50. The van der Waals surface area contributed by atoms with Gasteiger partial charge in [0.2, 0.25) is 0 Å². The van der Waals surface area contributed by atoms with Crippen LogP contribution < -0.4 is 13.7 Å². The molecular formula is C25H18AsF4N5O3. The van der Waals surface area contributed by atoms with Crippen LogP contribution in [0.4, 0.5) is 17.6 Å². The molecule has 1 atom stereocenters. The molecule has 5 aromatic rings. The van der Waals surface area contributed by atoms with Gasteiger partial charge in [-0.2, -0.15) is 0 Å². The zero-order valence-electron chi connectivity index (χ0n) is 19.8. The number of carbonyl (C=O) groups is 1. The van der Waals surface area contributed by atoms with Gasteiger partial charge in [0.25, 0.3) is 0 Å². The first kappa shape index (κ1) is 25.5. The van der Waals surface area contributed by atoms with Gasteiger partial charge in [-0.05, 0) is 0 Å². The number of hydrogen-bond acceptors (Lipinski definition) is 6. The maximum atomic E-state index is 14.3. The number of esters is 1. The van der Waals surface area contributed by atoms with E-state index in [4.69, 9.17) is 4.74 Å². The first-order valence-corrected chi connectivity index (χ1v) is 13.1. The van der Waals surface area contributed by atoms with Gasteiger partial charge in [0.15, 0.2) is 0 Å². The minimum atomic E-state index is -4.55. The molecule has 8 nitrogen and oxygen atoms in total. The summed E-state index contributed by atoms with van der Waals surface area (Å²) in [5.41, 5.74) is 1.01. The predicted molar refractivity (Wildman–Crippen MR) is 132 cm³/mol. The number of benzene rings is 2. The average Bonchev–Trinajstić information content (AvgIpc) is 3.50. The number of pyridine rings is 1. The molecule has 3 heterocycles. The summed E-state index contributed by atoms with van der Waals surface area (Å²) in [5.74, 6) is 0.0165. The van der Waals surface area contributed by atoms with Crippen molar-refractivity contribution in [1.29, 1.82) is 0 Å². The molecule has 2 aromatic carbocycles. The number of alkyl halides is 3. The monoisotopic (exact) mass is 587 g/mol. The third-order valence-electron chi connectivity index (χ3n) is 5.58. The number of aromatic nitrogens is 5. The second kappa shape index (κ2) is 9.94. The van der Waals surface area contributed by atoms with Crippen LogP contribution in [0.25, 0.3) is 22.6 Å². The van der Waals surface area contributed by atoms with Crippen LogP contribution in [0, 0.1) is 5.82 Å². The topological polar surface area (TPSA) is 94.9 Å². The zero-order valence-corrected chi connectivity index (χ0v) is 21.9. The number of aromatic amines is 1. The summed E-state index contributed by atoms with van der Waals surface area (Å²) in [5, 5.41) is 0. The van der Waals surface area contributed by atoms with Crippen LogP contribution in [0.2, 0.25) is 0 Å². The predicted octanol–water partition coefficient (Wildman–Crippen LogP) is 3.48. The van der Waals surface area contributed by atoms with Crippen LogP contribution in [0.5, 0.6) is 11.5 Å². The van der Waals surface area contributed by atoms with Gasteiger partial charge in [0, 0.05) is 0 Å². The molecule has 0 aliphatic heterocycles. The number of methoxy groups -OCH3 is 1. The number of halogens is 4. The fraction of sp³-hybridized carbons (Fsp3) is 0.120. The summed E-state index contributed by atoms with van der Waals surface area (Å²) in [4.78, 5) is 27.4. The number of aryl methyl sites for hydroxylation is 1. The van der Waals surface area contributed by atoms with Gasteiger partial charge in [-0.3, -0.25) is 0 Å². The summed E-state index contributed by atoms with van der Waals surface area (Å²) in [6.45, 7) is 0. The van der Waals surface area contributed by atoms with E-state index < -0.39 is 39.3 Å². The molecule has 0 amide bonds. The number of carbonyl (C=O) groups excluding carboxylic acids is 1. The van der Waals surface area contributed by atoms with E-state index in [9.17, 15) is 22.4 Å². The Hall–Kier alpha value is -4.18. The Morgan fingerprint density at radius 1 is 1.05 bits per heavy atom. The Labute approximate surface area is 219 Å². The number of hydrogen-bond donors (Lipinski definition) is 1. The number of fused-ring (bicyclic) bond motifs is 1. The minimum absolute atomic E-state index is 0.0207. The molecule has 38 heavy (non-hydrogen) atoms. The van der Waals surface area contributed by atoms with E-state index in [0.717, 1.165) is 23.7 Å². The van der Waals surface area contributed by atoms with Gasteiger partial charge < -0.3 is 4.74 Å². The molecule has 0 spiro atoms. The number of nitrogens with zero attached hydrogens (tertiary/aromatic N) is 4. The number of ether oxygens (including phenoxy) is 2. The molecule has 0 aliphatic rings. The second-order valence-electron chi connectivity index (χ2n) is 8.08. The number of rotatable bonds is 6. The first-order valence-electron chi connectivity index (χ1n) is 11.0. The number of imidazole rings is 2. The molecule has 1 unspecified atom stereocenters. The van der Waals surface area contributed by atoms with Crippen molar-refractivity contribution in [3.05, 3.63) is 78.0 Å². The van der Waals surface area contributed by atoms with E-state index in [0.29, 0.717) is 33.1 Å². The Balaban J connectivity index is 1.39. The number of H-pyrrole nitrogens is 1. The standard InChI is InChI=1S/C25H18AsF4N5O3/c1-35-21-6-4-14(38-15-7-8-31-19(11-15)22-32-12-20(33-22)23(36)37-2)10-18(21)34-24(35)26-16-9-13(25(28,29)30)3-5-17(16)27/h3-12,26H,1-2H3,(H,32,33). The summed E-state index contributed by atoms with van der Waals surface area (Å²) in [6.07, 6.45) is -1.69. The van der Waals surface area contributed by atoms with Crippen molar-refractivity contribution in [2.75, 3.05) is 7.11 Å². The van der Waals surface area contributed by atoms with Crippen molar-refractivity contribution in [3.63, 3.8) is 0 Å². The van der Waals surface area contributed by atoms with Crippen LogP contribution in [-0.2, 0) is 18.0 Å². The quantitative estimate of drug-likeness (QED) is 0.186. The Morgan fingerprint density at radius 3 is 2.61 bits per heavy atom. The fourth-order valence-corrected chi connectivity index (χ4v) is 6.06. The van der Waals surface area contributed by atoms with E-state index >= 15 is 0 Å². The maximum absolute atomic E-state index is 14.3. The molecule has 0 fully saturated rings. The SMILES string of the molecule is COC(=O)c1cnc(-c2cc(Oc3ccc4c(c3)nc([AsH]c3cc(C(F)(F)F)ccc3F)n4C)ccn2)[nH]1. The van der Waals surface area contributed by atoms with Crippen molar-refractivity contribution < 1.29 is 31.8 Å². The van der Waals surface area contributed by atoms with Crippen LogP contribution in [0.15, 0.2) is 60.9 Å². The molecule has 0 aliphatic carbocycles. The third-order valence-corrected chi connectivity index (χ3v) is 8.36. The molecule has 0 saturated heterocycles. The van der Waals surface area contributed by atoms with E-state index in [1.54, 1.807) is 41.9 Å².